The van der Waals surface area contributed by atoms with Crippen LogP contribution in [0.5, 0.6) is 0 Å². The van der Waals surface area contributed by atoms with E-state index in [1.54, 1.807) is 18.7 Å². The van der Waals surface area contributed by atoms with E-state index in [9.17, 15) is 9.59 Å². The van der Waals surface area contributed by atoms with Gasteiger partial charge in [-0.1, -0.05) is 18.2 Å². The maximum absolute atomic E-state index is 13.0. The highest BCUT2D eigenvalue weighted by atomic mass is 16.5. The van der Waals surface area contributed by atoms with Crippen LogP contribution >= 0.6 is 0 Å². The van der Waals surface area contributed by atoms with Gasteiger partial charge in [-0.05, 0) is 43.9 Å². The van der Waals surface area contributed by atoms with Crippen LogP contribution in [0.2, 0.25) is 0 Å². The number of esters is 1. The predicted octanol–water partition coefficient (Wildman–Crippen LogP) is 3.01. The number of ether oxygens (including phenoxy) is 1. The molecule has 2 heterocycles. The van der Waals surface area contributed by atoms with Gasteiger partial charge in [0, 0.05) is 17.9 Å². The zero-order chi connectivity index (χ0) is 16.6. The van der Waals surface area contributed by atoms with Crippen molar-refractivity contribution in [1.82, 2.24) is 4.98 Å². The normalized spacial score (nSPS) is 13.6. The van der Waals surface area contributed by atoms with E-state index in [2.05, 4.69) is 11.1 Å². The minimum atomic E-state index is -0.422. The Balaban J connectivity index is 2.01. The number of amides is 1. The summed E-state index contributed by atoms with van der Waals surface area (Å²) in [6.07, 6.45) is 1.92. The van der Waals surface area contributed by atoms with E-state index >= 15 is 0 Å². The Kier molecular flexibility index (Phi) is 3.94. The number of fused-ring (bicyclic) bond motifs is 1. The summed E-state index contributed by atoms with van der Waals surface area (Å²) >= 11 is 0. The molecular formula is C18H20N2O3. The van der Waals surface area contributed by atoms with Gasteiger partial charge in [0.15, 0.2) is 0 Å². The van der Waals surface area contributed by atoms with Gasteiger partial charge in [0.1, 0.15) is 5.69 Å². The fourth-order valence-corrected chi connectivity index (χ4v) is 3.25. The Bertz CT molecular complexity index is 777. The molecule has 5 nitrogen and oxygen atoms in total. The number of benzene rings is 1. The van der Waals surface area contributed by atoms with E-state index in [-0.39, 0.29) is 5.91 Å². The van der Waals surface area contributed by atoms with E-state index in [0.717, 1.165) is 18.5 Å². The monoisotopic (exact) mass is 312 g/mol. The smallest absolute Gasteiger partial charge is 0.339 e. The Morgan fingerprint density at radius 3 is 2.70 bits per heavy atom. The minimum Gasteiger partial charge on any atom is -0.465 e. The molecule has 2 aromatic rings. The number of aromatic amines is 1. The first-order valence-electron chi connectivity index (χ1n) is 7.71. The second-order valence-electron chi connectivity index (χ2n) is 5.81. The van der Waals surface area contributed by atoms with E-state index in [0.29, 0.717) is 29.1 Å². The standard InChI is InChI=1S/C18H20N2O3/c1-11-15(18(22)23-3)12(2)19-16(11)17(21)20-10-6-8-13-7-4-5-9-14(13)20/h4-5,7,9,19H,6,8,10H2,1-3H3. The molecule has 1 aliphatic rings. The first-order valence-corrected chi connectivity index (χ1v) is 7.71. The maximum Gasteiger partial charge on any atom is 0.339 e. The summed E-state index contributed by atoms with van der Waals surface area (Å²) in [6, 6.07) is 7.96. The van der Waals surface area contributed by atoms with Gasteiger partial charge in [0.25, 0.3) is 5.91 Å². The lowest BCUT2D eigenvalue weighted by atomic mass is 10.0. The third-order valence-electron chi connectivity index (χ3n) is 4.40. The summed E-state index contributed by atoms with van der Waals surface area (Å²) in [5, 5.41) is 0. The van der Waals surface area contributed by atoms with Crippen LogP contribution in [-0.2, 0) is 11.2 Å². The minimum absolute atomic E-state index is 0.104. The third kappa shape index (κ3) is 2.52. The van der Waals surface area contributed by atoms with Crippen molar-refractivity contribution in [3.8, 4) is 0 Å². The van der Waals surface area contributed by atoms with Crippen LogP contribution in [-0.4, -0.2) is 30.5 Å². The SMILES string of the molecule is COC(=O)c1c(C)[nH]c(C(=O)N2CCCc3ccccc32)c1C. The van der Waals surface area contributed by atoms with Crippen molar-refractivity contribution < 1.29 is 14.3 Å². The van der Waals surface area contributed by atoms with Crippen LogP contribution in [0.1, 0.15) is 44.1 Å². The van der Waals surface area contributed by atoms with Crippen LogP contribution in [0, 0.1) is 13.8 Å². The average Bonchev–Trinajstić information content (AvgIpc) is 2.87. The van der Waals surface area contributed by atoms with Crippen molar-refractivity contribution in [3.63, 3.8) is 0 Å². The van der Waals surface area contributed by atoms with E-state index in [1.165, 1.54) is 12.7 Å². The van der Waals surface area contributed by atoms with Crippen molar-refractivity contribution in [1.29, 1.82) is 0 Å². The van der Waals surface area contributed by atoms with Gasteiger partial charge in [-0.25, -0.2) is 4.79 Å². The fraction of sp³-hybridized carbons (Fsp3) is 0.333. The Morgan fingerprint density at radius 2 is 1.96 bits per heavy atom. The van der Waals surface area contributed by atoms with Crippen LogP contribution in [0.15, 0.2) is 24.3 Å². The van der Waals surface area contributed by atoms with Gasteiger partial charge in [-0.15, -0.1) is 0 Å². The molecule has 5 heteroatoms. The van der Waals surface area contributed by atoms with E-state index in [4.69, 9.17) is 4.74 Å². The van der Waals surface area contributed by atoms with Crippen LogP contribution in [0.25, 0.3) is 0 Å². The molecule has 23 heavy (non-hydrogen) atoms. The van der Waals surface area contributed by atoms with Crippen molar-refractivity contribution in [2.45, 2.75) is 26.7 Å². The molecule has 120 valence electrons. The number of methoxy groups -OCH3 is 1. The van der Waals surface area contributed by atoms with Crippen LogP contribution in [0.3, 0.4) is 0 Å². The molecule has 1 aromatic heterocycles. The molecule has 1 aliphatic heterocycles. The fourth-order valence-electron chi connectivity index (χ4n) is 3.25. The number of hydrogen-bond acceptors (Lipinski definition) is 3. The molecule has 3 rings (SSSR count). The van der Waals surface area contributed by atoms with E-state index in [1.807, 2.05) is 18.2 Å². The Labute approximate surface area is 135 Å². The first kappa shape index (κ1) is 15.3. The summed E-state index contributed by atoms with van der Waals surface area (Å²) < 4.78 is 4.81. The number of aryl methyl sites for hydroxylation is 2. The van der Waals surface area contributed by atoms with Crippen molar-refractivity contribution in [3.05, 3.63) is 52.3 Å². The van der Waals surface area contributed by atoms with Crippen molar-refractivity contribution >= 4 is 17.6 Å². The molecule has 1 N–H and O–H groups in total. The summed E-state index contributed by atoms with van der Waals surface area (Å²) in [5.41, 5.74) is 4.34. The van der Waals surface area contributed by atoms with E-state index < -0.39 is 5.97 Å². The molecular weight excluding hydrogens is 292 g/mol. The van der Waals surface area contributed by atoms with Crippen LogP contribution in [0.4, 0.5) is 5.69 Å². The summed E-state index contributed by atoms with van der Waals surface area (Å²) in [7, 11) is 1.34. The molecule has 0 aliphatic carbocycles. The number of aromatic nitrogens is 1. The Morgan fingerprint density at radius 1 is 1.22 bits per heavy atom. The highest BCUT2D eigenvalue weighted by Gasteiger charge is 2.28. The second kappa shape index (κ2) is 5.91. The van der Waals surface area contributed by atoms with Crippen LogP contribution < -0.4 is 4.90 Å². The van der Waals surface area contributed by atoms with Gasteiger partial charge in [0.2, 0.25) is 0 Å². The van der Waals surface area contributed by atoms with Crippen molar-refractivity contribution in [2.75, 3.05) is 18.6 Å². The molecule has 0 radical (unpaired) electrons. The number of carbonyl (C=O) groups is 2. The highest BCUT2D eigenvalue weighted by Crippen LogP contribution is 2.29. The number of para-hydroxylation sites is 1. The number of hydrogen-bond donors (Lipinski definition) is 1. The summed E-state index contributed by atoms with van der Waals surface area (Å²) in [6.45, 7) is 4.24. The molecule has 0 saturated heterocycles. The first-order chi connectivity index (χ1) is 11.0. The van der Waals surface area contributed by atoms with Gasteiger partial charge < -0.3 is 14.6 Å². The quantitative estimate of drug-likeness (QED) is 0.867. The maximum atomic E-state index is 13.0. The lowest BCUT2D eigenvalue weighted by Crippen LogP contribution is -2.36. The molecule has 1 amide bonds. The number of nitrogens with one attached hydrogen (secondary N) is 1. The average molecular weight is 312 g/mol. The number of H-pyrrole nitrogens is 1. The summed E-state index contributed by atoms with van der Waals surface area (Å²) in [4.78, 5) is 29.8. The Hall–Kier alpha value is -2.56. The molecule has 0 unspecified atom stereocenters. The lowest BCUT2D eigenvalue weighted by molar-refractivity contribution is 0.0599. The number of anilines is 1. The molecule has 0 spiro atoms. The second-order valence-corrected chi connectivity index (χ2v) is 5.81. The van der Waals surface area contributed by atoms with Gasteiger partial charge >= 0.3 is 5.97 Å². The molecule has 0 atom stereocenters. The molecule has 0 bridgehead atoms. The van der Waals surface area contributed by atoms with Crippen molar-refractivity contribution in [2.24, 2.45) is 0 Å². The third-order valence-corrected chi connectivity index (χ3v) is 4.40. The number of rotatable bonds is 2. The molecule has 0 saturated carbocycles. The number of carbonyl (C=O) groups excluding carboxylic acids is 2. The lowest BCUT2D eigenvalue weighted by Gasteiger charge is -2.29. The topological polar surface area (TPSA) is 62.4 Å². The van der Waals surface area contributed by atoms with Gasteiger partial charge in [-0.3, -0.25) is 4.79 Å². The largest absolute Gasteiger partial charge is 0.465 e. The molecule has 1 aromatic carbocycles. The molecule has 0 fully saturated rings. The predicted molar refractivity (Wildman–Crippen MR) is 88.0 cm³/mol. The zero-order valence-corrected chi connectivity index (χ0v) is 13.6. The van der Waals surface area contributed by atoms with Gasteiger partial charge in [-0.2, -0.15) is 0 Å². The van der Waals surface area contributed by atoms with Gasteiger partial charge in [0.05, 0.1) is 12.7 Å². The highest BCUT2D eigenvalue weighted by molar-refractivity contribution is 6.08. The number of nitrogens with zero attached hydrogens (tertiary/aromatic N) is 1. The summed E-state index contributed by atoms with van der Waals surface area (Å²) in [5.74, 6) is -0.526. The zero-order valence-electron chi connectivity index (χ0n) is 13.6.